The van der Waals surface area contributed by atoms with Crippen molar-refractivity contribution in [1.82, 2.24) is 19.9 Å². The van der Waals surface area contributed by atoms with Gasteiger partial charge in [0.05, 0.1) is 19.6 Å². The van der Waals surface area contributed by atoms with Crippen LogP contribution in [0.1, 0.15) is 80.2 Å². The first-order valence-electron chi connectivity index (χ1n) is 13.0. The van der Waals surface area contributed by atoms with Crippen molar-refractivity contribution in [2.45, 2.75) is 75.9 Å². The van der Waals surface area contributed by atoms with E-state index in [2.05, 4.69) is 19.8 Å². The van der Waals surface area contributed by atoms with Crippen molar-refractivity contribution in [1.29, 1.82) is 0 Å². The third-order valence-corrected chi connectivity index (χ3v) is 7.43. The first kappa shape index (κ1) is 27.5. The van der Waals surface area contributed by atoms with Crippen LogP contribution < -0.4 is 0 Å². The molecular weight excluding hydrogens is 497 g/mol. The molecule has 1 amide bonds. The molecule has 1 aromatic rings. The SMILES string of the molecule is O=C(C[C@@H](CCCC1CCCCC1)c1nc(C(=O)N2CC(N3CCOCC3)C2)no1)OC(=O)C(F)(F)F. The maximum atomic E-state index is 12.8. The van der Waals surface area contributed by atoms with Crippen LogP contribution in [0.2, 0.25) is 0 Å². The van der Waals surface area contributed by atoms with E-state index in [9.17, 15) is 27.6 Å². The molecule has 37 heavy (non-hydrogen) atoms. The Bertz CT molecular complexity index is 937. The molecule has 0 bridgehead atoms. The Morgan fingerprint density at radius 2 is 1.78 bits per heavy atom. The van der Waals surface area contributed by atoms with Crippen molar-refractivity contribution in [2.24, 2.45) is 5.92 Å². The molecule has 1 aromatic heterocycles. The number of nitrogens with zero attached hydrogens (tertiary/aromatic N) is 4. The number of hydrogen-bond acceptors (Lipinski definition) is 9. The molecule has 0 spiro atoms. The Morgan fingerprint density at radius 3 is 2.46 bits per heavy atom. The summed E-state index contributed by atoms with van der Waals surface area (Å²) in [5.74, 6) is -4.67. The number of halogens is 3. The van der Waals surface area contributed by atoms with Gasteiger partial charge in [0, 0.05) is 38.1 Å². The van der Waals surface area contributed by atoms with Crippen molar-refractivity contribution in [3.8, 4) is 0 Å². The summed E-state index contributed by atoms with van der Waals surface area (Å²) in [6, 6.07) is 0.243. The van der Waals surface area contributed by atoms with E-state index in [1.165, 1.54) is 19.3 Å². The number of rotatable bonds is 9. The summed E-state index contributed by atoms with van der Waals surface area (Å²) in [6.07, 6.45) is 2.01. The second kappa shape index (κ2) is 12.3. The van der Waals surface area contributed by atoms with Crippen LogP contribution in [0.4, 0.5) is 13.2 Å². The van der Waals surface area contributed by atoms with Crippen LogP contribution in [0.3, 0.4) is 0 Å². The minimum atomic E-state index is -5.27. The maximum Gasteiger partial charge on any atom is 0.491 e. The number of ether oxygens (including phenoxy) is 2. The van der Waals surface area contributed by atoms with Gasteiger partial charge in [0.1, 0.15) is 0 Å². The van der Waals surface area contributed by atoms with Gasteiger partial charge in [0.15, 0.2) is 0 Å². The van der Waals surface area contributed by atoms with E-state index in [1.54, 1.807) is 4.90 Å². The number of likely N-dealkylation sites (tertiary alicyclic amines) is 1. The highest BCUT2D eigenvalue weighted by atomic mass is 19.4. The standard InChI is InChI=1S/C24H33F3N4O6/c25-24(26,27)23(34)36-19(32)13-17(8-4-7-16-5-2-1-3-6-16)21-28-20(29-37-21)22(33)31-14-18(15-31)30-9-11-35-12-10-30/h16-18H,1-15H2/t17-/m1/s1. The lowest BCUT2D eigenvalue weighted by molar-refractivity contribution is -0.202. The topological polar surface area (TPSA) is 115 Å². The van der Waals surface area contributed by atoms with E-state index >= 15 is 0 Å². The first-order valence-corrected chi connectivity index (χ1v) is 13.0. The normalized spacial score (nSPS) is 20.9. The molecule has 3 fully saturated rings. The monoisotopic (exact) mass is 530 g/mol. The number of aromatic nitrogens is 2. The fourth-order valence-corrected chi connectivity index (χ4v) is 5.27. The van der Waals surface area contributed by atoms with Crippen molar-refractivity contribution < 1.29 is 41.6 Å². The van der Waals surface area contributed by atoms with Crippen LogP contribution in [-0.4, -0.2) is 89.4 Å². The smallest absolute Gasteiger partial charge is 0.386 e. The van der Waals surface area contributed by atoms with Crippen molar-refractivity contribution in [3.63, 3.8) is 0 Å². The van der Waals surface area contributed by atoms with Crippen LogP contribution >= 0.6 is 0 Å². The van der Waals surface area contributed by atoms with Gasteiger partial charge in [-0.1, -0.05) is 50.1 Å². The molecule has 1 saturated carbocycles. The summed E-state index contributed by atoms with van der Waals surface area (Å²) in [4.78, 5) is 44.1. The van der Waals surface area contributed by atoms with Gasteiger partial charge in [-0.25, -0.2) is 4.79 Å². The molecule has 0 N–H and O–H groups in total. The third-order valence-electron chi connectivity index (χ3n) is 7.43. The molecule has 4 rings (SSSR count). The Hall–Kier alpha value is -2.54. The predicted molar refractivity (Wildman–Crippen MR) is 121 cm³/mol. The lowest BCUT2D eigenvalue weighted by Crippen LogP contribution is -2.62. The van der Waals surface area contributed by atoms with Gasteiger partial charge in [-0.3, -0.25) is 14.5 Å². The van der Waals surface area contributed by atoms with Gasteiger partial charge in [-0.05, 0) is 12.3 Å². The minimum absolute atomic E-state index is 0.0198. The van der Waals surface area contributed by atoms with Crippen LogP contribution in [0.5, 0.6) is 0 Å². The van der Waals surface area contributed by atoms with Gasteiger partial charge in [0.2, 0.25) is 5.89 Å². The average Bonchev–Trinajstić information content (AvgIpc) is 3.33. The highest BCUT2D eigenvalue weighted by Gasteiger charge is 2.43. The molecular formula is C24H33F3N4O6. The largest absolute Gasteiger partial charge is 0.491 e. The molecule has 2 saturated heterocycles. The highest BCUT2D eigenvalue weighted by Crippen LogP contribution is 2.32. The molecule has 1 aliphatic carbocycles. The second-order valence-corrected chi connectivity index (χ2v) is 10.1. The van der Waals surface area contributed by atoms with E-state index in [-0.39, 0.29) is 17.8 Å². The van der Waals surface area contributed by atoms with E-state index in [1.807, 2.05) is 0 Å². The molecule has 0 radical (unpaired) electrons. The number of carbonyl (C=O) groups excluding carboxylic acids is 3. The van der Waals surface area contributed by atoms with E-state index < -0.39 is 36.4 Å². The van der Waals surface area contributed by atoms with Crippen molar-refractivity contribution >= 4 is 17.8 Å². The summed E-state index contributed by atoms with van der Waals surface area (Å²) >= 11 is 0. The Labute approximate surface area is 212 Å². The number of esters is 2. The van der Waals surface area contributed by atoms with Gasteiger partial charge in [-0.2, -0.15) is 18.2 Å². The lowest BCUT2D eigenvalue weighted by atomic mass is 9.84. The summed E-state index contributed by atoms with van der Waals surface area (Å²) in [5, 5.41) is 3.77. The molecule has 10 nitrogen and oxygen atoms in total. The summed E-state index contributed by atoms with van der Waals surface area (Å²) in [5.41, 5.74) is 0. The molecule has 1 atom stereocenters. The number of morpholine rings is 1. The Kier molecular flexibility index (Phi) is 9.17. The zero-order valence-corrected chi connectivity index (χ0v) is 20.7. The van der Waals surface area contributed by atoms with E-state index in [0.717, 1.165) is 32.4 Å². The van der Waals surface area contributed by atoms with E-state index in [0.29, 0.717) is 45.1 Å². The molecule has 2 aliphatic heterocycles. The van der Waals surface area contributed by atoms with Crippen LogP contribution in [-0.2, 0) is 19.1 Å². The molecule has 0 aromatic carbocycles. The lowest BCUT2D eigenvalue weighted by Gasteiger charge is -2.46. The number of carbonyl (C=O) groups is 3. The summed E-state index contributed by atoms with van der Waals surface area (Å²) < 4.78 is 52.1. The zero-order valence-electron chi connectivity index (χ0n) is 20.7. The molecule has 0 unspecified atom stereocenters. The van der Waals surface area contributed by atoms with Gasteiger partial charge < -0.3 is 18.9 Å². The molecule has 3 aliphatic rings. The van der Waals surface area contributed by atoms with Gasteiger partial charge in [-0.15, -0.1) is 0 Å². The maximum absolute atomic E-state index is 12.8. The van der Waals surface area contributed by atoms with Crippen molar-refractivity contribution in [3.05, 3.63) is 11.7 Å². The van der Waals surface area contributed by atoms with Crippen LogP contribution in [0.25, 0.3) is 0 Å². The Balaban J connectivity index is 1.35. The molecule has 206 valence electrons. The van der Waals surface area contributed by atoms with Gasteiger partial charge in [0.25, 0.3) is 11.7 Å². The Morgan fingerprint density at radius 1 is 1.08 bits per heavy atom. The fourth-order valence-electron chi connectivity index (χ4n) is 5.27. The van der Waals surface area contributed by atoms with Gasteiger partial charge >= 0.3 is 18.1 Å². The summed E-state index contributed by atoms with van der Waals surface area (Å²) in [6.45, 7) is 4.01. The number of hydrogen-bond donors (Lipinski definition) is 0. The highest BCUT2D eigenvalue weighted by molar-refractivity contribution is 5.91. The van der Waals surface area contributed by atoms with E-state index in [4.69, 9.17) is 9.26 Å². The molecule has 13 heteroatoms. The third kappa shape index (κ3) is 7.50. The first-order chi connectivity index (χ1) is 17.7. The zero-order chi connectivity index (χ0) is 26.4. The second-order valence-electron chi connectivity index (χ2n) is 10.1. The average molecular weight is 531 g/mol. The van der Waals surface area contributed by atoms with Crippen LogP contribution in [0.15, 0.2) is 4.52 Å². The van der Waals surface area contributed by atoms with Crippen LogP contribution in [0, 0.1) is 5.92 Å². The number of alkyl halides is 3. The number of amides is 1. The minimum Gasteiger partial charge on any atom is -0.386 e. The molecule has 3 heterocycles. The quantitative estimate of drug-likeness (QED) is 0.351. The van der Waals surface area contributed by atoms with Crippen molar-refractivity contribution in [2.75, 3.05) is 39.4 Å². The fraction of sp³-hybridized carbons (Fsp3) is 0.792. The predicted octanol–water partition coefficient (Wildman–Crippen LogP) is 3.08. The summed E-state index contributed by atoms with van der Waals surface area (Å²) in [7, 11) is 0.